The van der Waals surface area contributed by atoms with Gasteiger partial charge in [0.2, 0.25) is 0 Å². The monoisotopic (exact) mass is 395 g/mol. The molecule has 3 rings (SSSR count). The number of carbonyl (C=O) groups is 1. The van der Waals surface area contributed by atoms with E-state index in [0.717, 1.165) is 23.1 Å². The minimum absolute atomic E-state index is 0.176. The Morgan fingerprint density at radius 1 is 1.00 bits per heavy atom. The van der Waals surface area contributed by atoms with Crippen LogP contribution >= 0.6 is 15.9 Å². The fraction of sp³-hybridized carbons (Fsp3) is 0.200. The van der Waals surface area contributed by atoms with Gasteiger partial charge < -0.3 is 9.80 Å². The molecule has 1 aliphatic rings. The first-order chi connectivity index (χ1) is 12.2. The van der Waals surface area contributed by atoms with Crippen LogP contribution in [0.1, 0.15) is 5.56 Å². The van der Waals surface area contributed by atoms with Crippen molar-refractivity contribution in [1.29, 1.82) is 5.26 Å². The van der Waals surface area contributed by atoms with Crippen molar-refractivity contribution in [3.8, 4) is 6.07 Å². The average Bonchev–Trinajstić information content (AvgIpc) is 2.68. The molecule has 1 aliphatic heterocycles. The van der Waals surface area contributed by atoms with Gasteiger partial charge in [0, 0.05) is 36.3 Å². The van der Waals surface area contributed by atoms with Crippen molar-refractivity contribution < 1.29 is 4.79 Å². The summed E-state index contributed by atoms with van der Waals surface area (Å²) >= 11 is 3.38. The summed E-state index contributed by atoms with van der Waals surface area (Å²) in [5.41, 5.74) is 2.19. The first kappa shape index (κ1) is 17.2. The Balaban J connectivity index is 1.66. The molecule has 0 aliphatic carbocycles. The van der Waals surface area contributed by atoms with Gasteiger partial charge in [-0.3, -0.25) is 4.79 Å². The lowest BCUT2D eigenvalue weighted by Crippen LogP contribution is -2.49. The van der Waals surface area contributed by atoms with E-state index < -0.39 is 0 Å². The lowest BCUT2D eigenvalue weighted by molar-refractivity contribution is -0.126. The van der Waals surface area contributed by atoms with Crippen LogP contribution < -0.4 is 4.90 Å². The van der Waals surface area contributed by atoms with Crippen LogP contribution in [0.2, 0.25) is 0 Å². The van der Waals surface area contributed by atoms with Gasteiger partial charge in [-0.1, -0.05) is 46.3 Å². The molecule has 0 saturated carbocycles. The Hall–Kier alpha value is -2.58. The molecule has 0 atom stereocenters. The predicted molar refractivity (Wildman–Crippen MR) is 103 cm³/mol. The summed E-state index contributed by atoms with van der Waals surface area (Å²) in [7, 11) is 0. The fourth-order valence-electron chi connectivity index (χ4n) is 2.84. The van der Waals surface area contributed by atoms with Crippen LogP contribution in [-0.2, 0) is 4.79 Å². The quantitative estimate of drug-likeness (QED) is 0.587. The van der Waals surface area contributed by atoms with E-state index in [-0.39, 0.29) is 11.5 Å². The highest BCUT2D eigenvalue weighted by molar-refractivity contribution is 9.10. The van der Waals surface area contributed by atoms with Crippen molar-refractivity contribution >= 4 is 33.6 Å². The highest BCUT2D eigenvalue weighted by Crippen LogP contribution is 2.18. The van der Waals surface area contributed by atoms with E-state index in [4.69, 9.17) is 0 Å². The SMILES string of the molecule is N#C/C(=C/c1ccc(Br)cc1)C(=O)N1CCN(c2ccccc2)CC1. The number of hydrogen-bond acceptors (Lipinski definition) is 3. The first-order valence-electron chi connectivity index (χ1n) is 8.14. The van der Waals surface area contributed by atoms with E-state index >= 15 is 0 Å². The zero-order valence-electron chi connectivity index (χ0n) is 13.7. The summed E-state index contributed by atoms with van der Waals surface area (Å²) in [6, 6.07) is 19.8. The van der Waals surface area contributed by atoms with E-state index in [1.165, 1.54) is 5.69 Å². The van der Waals surface area contributed by atoms with Crippen molar-refractivity contribution in [3.05, 3.63) is 70.2 Å². The van der Waals surface area contributed by atoms with Crippen LogP contribution in [0, 0.1) is 11.3 Å². The number of anilines is 1. The minimum atomic E-state index is -0.196. The molecule has 5 heteroatoms. The number of rotatable bonds is 3. The summed E-state index contributed by atoms with van der Waals surface area (Å²) in [5, 5.41) is 9.39. The Labute approximate surface area is 156 Å². The van der Waals surface area contributed by atoms with Crippen molar-refractivity contribution in [2.24, 2.45) is 0 Å². The Morgan fingerprint density at radius 3 is 2.24 bits per heavy atom. The maximum atomic E-state index is 12.7. The van der Waals surface area contributed by atoms with Crippen molar-refractivity contribution in [2.75, 3.05) is 31.1 Å². The van der Waals surface area contributed by atoms with Gasteiger partial charge in [-0.2, -0.15) is 5.26 Å². The molecule has 4 nitrogen and oxygen atoms in total. The third kappa shape index (κ3) is 4.28. The first-order valence-corrected chi connectivity index (χ1v) is 8.93. The number of nitrogens with zero attached hydrogens (tertiary/aromatic N) is 3. The van der Waals surface area contributed by atoms with Crippen molar-refractivity contribution in [1.82, 2.24) is 4.90 Å². The van der Waals surface area contributed by atoms with E-state index in [9.17, 15) is 10.1 Å². The summed E-state index contributed by atoms with van der Waals surface area (Å²) in [5.74, 6) is -0.196. The minimum Gasteiger partial charge on any atom is -0.368 e. The van der Waals surface area contributed by atoms with Crippen LogP contribution in [0.25, 0.3) is 6.08 Å². The number of amides is 1. The van der Waals surface area contributed by atoms with Crippen molar-refractivity contribution in [2.45, 2.75) is 0 Å². The summed E-state index contributed by atoms with van der Waals surface area (Å²) in [4.78, 5) is 16.7. The second-order valence-corrected chi connectivity index (χ2v) is 6.75. The molecule has 0 N–H and O–H groups in total. The lowest BCUT2D eigenvalue weighted by Gasteiger charge is -2.36. The van der Waals surface area contributed by atoms with E-state index in [1.54, 1.807) is 11.0 Å². The Morgan fingerprint density at radius 2 is 1.64 bits per heavy atom. The number of nitriles is 1. The van der Waals surface area contributed by atoms with E-state index in [1.807, 2.05) is 48.5 Å². The Kier molecular flexibility index (Phi) is 5.52. The van der Waals surface area contributed by atoms with Crippen LogP contribution in [-0.4, -0.2) is 37.0 Å². The van der Waals surface area contributed by atoms with Crippen LogP contribution in [0.3, 0.4) is 0 Å². The molecule has 25 heavy (non-hydrogen) atoms. The van der Waals surface area contributed by atoms with Crippen molar-refractivity contribution in [3.63, 3.8) is 0 Å². The van der Waals surface area contributed by atoms with Crippen LogP contribution in [0.5, 0.6) is 0 Å². The summed E-state index contributed by atoms with van der Waals surface area (Å²) in [6.07, 6.45) is 1.65. The van der Waals surface area contributed by atoms with Crippen LogP contribution in [0.15, 0.2) is 64.6 Å². The topological polar surface area (TPSA) is 47.3 Å². The average molecular weight is 396 g/mol. The molecule has 0 radical (unpaired) electrons. The molecule has 0 aromatic heterocycles. The lowest BCUT2D eigenvalue weighted by atomic mass is 10.1. The maximum Gasteiger partial charge on any atom is 0.264 e. The van der Waals surface area contributed by atoms with Gasteiger partial charge in [0.1, 0.15) is 11.6 Å². The Bertz CT molecular complexity index is 801. The molecule has 126 valence electrons. The van der Waals surface area contributed by atoms with Gasteiger partial charge in [-0.15, -0.1) is 0 Å². The molecule has 0 spiro atoms. The van der Waals surface area contributed by atoms with Gasteiger partial charge in [0.25, 0.3) is 5.91 Å². The molecule has 1 heterocycles. The predicted octanol–water partition coefficient (Wildman–Crippen LogP) is 3.70. The number of halogens is 1. The molecule has 1 amide bonds. The number of benzene rings is 2. The second kappa shape index (κ2) is 8.00. The highest BCUT2D eigenvalue weighted by atomic mass is 79.9. The molecule has 1 saturated heterocycles. The zero-order valence-corrected chi connectivity index (χ0v) is 15.3. The maximum absolute atomic E-state index is 12.7. The smallest absolute Gasteiger partial charge is 0.264 e. The summed E-state index contributed by atoms with van der Waals surface area (Å²) in [6.45, 7) is 2.78. The normalized spacial score (nSPS) is 15.0. The zero-order chi connectivity index (χ0) is 17.6. The van der Waals surface area contributed by atoms with Gasteiger partial charge in [-0.25, -0.2) is 0 Å². The van der Waals surface area contributed by atoms with Gasteiger partial charge in [-0.05, 0) is 35.9 Å². The second-order valence-electron chi connectivity index (χ2n) is 5.84. The van der Waals surface area contributed by atoms with Crippen LogP contribution in [0.4, 0.5) is 5.69 Å². The molecular weight excluding hydrogens is 378 g/mol. The van der Waals surface area contributed by atoms with Gasteiger partial charge in [0.05, 0.1) is 0 Å². The molecule has 2 aromatic carbocycles. The highest BCUT2D eigenvalue weighted by Gasteiger charge is 2.23. The molecular formula is C20H18BrN3O. The number of carbonyl (C=O) groups excluding carboxylic acids is 1. The third-order valence-corrected chi connectivity index (χ3v) is 4.75. The number of hydrogen-bond donors (Lipinski definition) is 0. The van der Waals surface area contributed by atoms with Gasteiger partial charge >= 0.3 is 0 Å². The molecule has 2 aromatic rings. The summed E-state index contributed by atoms with van der Waals surface area (Å²) < 4.78 is 0.964. The number of piperazine rings is 1. The van der Waals surface area contributed by atoms with E-state index in [2.05, 4.69) is 33.0 Å². The fourth-order valence-corrected chi connectivity index (χ4v) is 3.11. The largest absolute Gasteiger partial charge is 0.368 e. The third-order valence-electron chi connectivity index (χ3n) is 4.22. The molecule has 0 bridgehead atoms. The number of para-hydroxylation sites is 1. The van der Waals surface area contributed by atoms with E-state index in [0.29, 0.717) is 13.1 Å². The van der Waals surface area contributed by atoms with Gasteiger partial charge in [0.15, 0.2) is 0 Å². The molecule has 0 unspecified atom stereocenters. The molecule has 1 fully saturated rings. The standard InChI is InChI=1S/C20H18BrN3O/c21-18-8-6-16(7-9-18)14-17(15-22)20(25)24-12-10-23(11-13-24)19-4-2-1-3-5-19/h1-9,14H,10-13H2/b17-14-.